The van der Waals surface area contributed by atoms with Crippen LogP contribution in [0.5, 0.6) is 0 Å². The molecule has 0 bridgehead atoms. The van der Waals surface area contributed by atoms with E-state index in [1.807, 2.05) is 0 Å². The first-order chi connectivity index (χ1) is 7.65. The Morgan fingerprint density at radius 1 is 1.35 bits per heavy atom. The molecule has 0 aliphatic heterocycles. The van der Waals surface area contributed by atoms with Crippen molar-refractivity contribution in [3.05, 3.63) is 11.1 Å². The smallest absolute Gasteiger partial charge is 0.206 e. The summed E-state index contributed by atoms with van der Waals surface area (Å²) in [6.07, 6.45) is 1.35. The lowest BCUT2D eigenvalue weighted by Crippen LogP contribution is -2.48. The van der Waals surface area contributed by atoms with Crippen LogP contribution in [0.2, 0.25) is 13.1 Å². The molecular formula is C14H25O2Si. The second kappa shape index (κ2) is 4.69. The molecule has 0 spiro atoms. The zero-order valence-corrected chi connectivity index (χ0v) is 13.2. The highest BCUT2D eigenvalue weighted by Crippen LogP contribution is 2.49. The third kappa shape index (κ3) is 2.41. The van der Waals surface area contributed by atoms with Crippen LogP contribution in [0.1, 0.15) is 47.5 Å². The minimum absolute atomic E-state index is 0.0361. The van der Waals surface area contributed by atoms with E-state index in [4.69, 9.17) is 4.43 Å². The summed E-state index contributed by atoms with van der Waals surface area (Å²) in [6, 6.07) is 0. The molecule has 1 rings (SSSR count). The summed E-state index contributed by atoms with van der Waals surface area (Å²) in [4.78, 5) is 12.1. The summed E-state index contributed by atoms with van der Waals surface area (Å²) >= 11 is 0. The van der Waals surface area contributed by atoms with Gasteiger partial charge in [0.1, 0.15) is 0 Å². The molecule has 1 aliphatic carbocycles. The maximum atomic E-state index is 12.1. The first kappa shape index (κ1) is 14.6. The fourth-order valence-corrected chi connectivity index (χ4v) is 4.05. The largest absolute Gasteiger partial charge is 0.407 e. The van der Waals surface area contributed by atoms with E-state index in [0.29, 0.717) is 6.42 Å². The van der Waals surface area contributed by atoms with Gasteiger partial charge in [0.15, 0.2) is 5.78 Å². The van der Waals surface area contributed by atoms with E-state index < -0.39 is 9.04 Å². The summed E-state index contributed by atoms with van der Waals surface area (Å²) in [7, 11) is -0.831. The molecule has 0 aromatic carbocycles. The predicted molar refractivity (Wildman–Crippen MR) is 73.4 cm³/mol. The van der Waals surface area contributed by atoms with E-state index in [2.05, 4.69) is 47.7 Å². The normalized spacial score (nSPS) is 26.2. The zero-order chi connectivity index (χ0) is 13.4. The van der Waals surface area contributed by atoms with Gasteiger partial charge in [0, 0.05) is 6.42 Å². The van der Waals surface area contributed by atoms with Crippen LogP contribution in [-0.2, 0) is 9.22 Å². The molecular weight excluding hydrogens is 228 g/mol. The maximum absolute atomic E-state index is 12.1. The Kier molecular flexibility index (Phi) is 4.04. The first-order valence-electron chi connectivity index (χ1n) is 6.38. The molecule has 3 heteroatoms. The number of carbonyl (C=O) groups is 1. The molecule has 97 valence electrons. The van der Waals surface area contributed by atoms with E-state index in [-0.39, 0.29) is 16.8 Å². The van der Waals surface area contributed by atoms with E-state index in [1.165, 1.54) is 5.57 Å². The van der Waals surface area contributed by atoms with E-state index in [9.17, 15) is 4.79 Å². The molecule has 17 heavy (non-hydrogen) atoms. The second-order valence-electron chi connectivity index (χ2n) is 6.14. The Balaban J connectivity index is 3.29. The van der Waals surface area contributed by atoms with Gasteiger partial charge < -0.3 is 4.43 Å². The number of rotatable bonds is 3. The minimum Gasteiger partial charge on any atom is -0.407 e. The van der Waals surface area contributed by atoms with Gasteiger partial charge in [0.25, 0.3) is 0 Å². The predicted octanol–water partition coefficient (Wildman–Crippen LogP) is 3.74. The van der Waals surface area contributed by atoms with Gasteiger partial charge in [0.05, 0.1) is 5.60 Å². The van der Waals surface area contributed by atoms with Gasteiger partial charge in [-0.1, -0.05) is 27.7 Å². The molecule has 1 aliphatic rings. The van der Waals surface area contributed by atoms with Crippen molar-refractivity contribution in [2.24, 2.45) is 5.41 Å². The van der Waals surface area contributed by atoms with Crippen LogP contribution in [0.3, 0.4) is 0 Å². The molecule has 0 saturated carbocycles. The van der Waals surface area contributed by atoms with Crippen LogP contribution in [0.25, 0.3) is 0 Å². The van der Waals surface area contributed by atoms with Crippen molar-refractivity contribution in [2.45, 2.75) is 66.2 Å². The van der Waals surface area contributed by atoms with E-state index in [0.717, 1.165) is 12.0 Å². The van der Waals surface area contributed by atoms with Gasteiger partial charge in [0.2, 0.25) is 9.04 Å². The highest BCUT2D eigenvalue weighted by atomic mass is 28.3. The Morgan fingerprint density at radius 2 is 1.88 bits per heavy atom. The molecule has 0 fully saturated rings. The molecule has 0 heterocycles. The number of allylic oxidation sites excluding steroid dienone is 1. The average Bonchev–Trinajstić information content (AvgIpc) is 2.37. The van der Waals surface area contributed by atoms with Gasteiger partial charge >= 0.3 is 0 Å². The minimum atomic E-state index is -0.831. The number of hydrogen-bond acceptors (Lipinski definition) is 2. The van der Waals surface area contributed by atoms with Crippen LogP contribution in [0, 0.1) is 5.41 Å². The SMILES string of the molecule is CCC1=C(C)C(O[Si](C)C)(C(C)(C)C)CC1=O. The quantitative estimate of drug-likeness (QED) is 0.716. The fourth-order valence-electron chi connectivity index (χ4n) is 2.82. The van der Waals surface area contributed by atoms with Crippen LogP contribution in [0.15, 0.2) is 11.1 Å². The maximum Gasteiger partial charge on any atom is 0.206 e. The van der Waals surface area contributed by atoms with Gasteiger partial charge in [-0.05, 0) is 43.0 Å². The standard InChI is InChI=1S/C14H25O2Si/c1-8-11-10(2)14(9-12(11)15,13(3,4)5)16-17(6)7/h8-9H2,1-7H3. The topological polar surface area (TPSA) is 26.3 Å². The summed E-state index contributed by atoms with van der Waals surface area (Å²) in [5.74, 6) is 0.281. The van der Waals surface area contributed by atoms with Gasteiger partial charge in [-0.25, -0.2) is 0 Å². The molecule has 2 nitrogen and oxygen atoms in total. The third-order valence-electron chi connectivity index (χ3n) is 3.75. The molecule has 0 aromatic rings. The molecule has 0 amide bonds. The number of hydrogen-bond donors (Lipinski definition) is 0. The molecule has 1 unspecified atom stereocenters. The number of ketones is 1. The molecule has 0 N–H and O–H groups in total. The highest BCUT2D eigenvalue weighted by molar-refractivity contribution is 6.48. The monoisotopic (exact) mass is 253 g/mol. The number of Topliss-reactive ketones (excluding diaryl/α,β-unsaturated/α-hetero) is 1. The van der Waals surface area contributed by atoms with Crippen LogP contribution in [0.4, 0.5) is 0 Å². The highest BCUT2D eigenvalue weighted by Gasteiger charge is 2.51. The molecule has 0 aromatic heterocycles. The Labute approximate surface area is 107 Å². The van der Waals surface area contributed by atoms with Gasteiger partial charge in [-0.15, -0.1) is 0 Å². The van der Waals surface area contributed by atoms with Crippen LogP contribution >= 0.6 is 0 Å². The summed E-state index contributed by atoms with van der Waals surface area (Å²) < 4.78 is 6.30. The molecule has 0 saturated heterocycles. The Morgan fingerprint density at radius 3 is 2.18 bits per heavy atom. The van der Waals surface area contributed by atoms with Crippen molar-refractivity contribution in [2.75, 3.05) is 0 Å². The lowest BCUT2D eigenvalue weighted by Gasteiger charge is -2.44. The van der Waals surface area contributed by atoms with Crippen LogP contribution < -0.4 is 0 Å². The van der Waals surface area contributed by atoms with Crippen molar-refractivity contribution >= 4 is 14.8 Å². The Bertz CT molecular complexity index is 350. The van der Waals surface area contributed by atoms with Crippen molar-refractivity contribution < 1.29 is 9.22 Å². The van der Waals surface area contributed by atoms with Crippen molar-refractivity contribution in [1.29, 1.82) is 0 Å². The van der Waals surface area contributed by atoms with Crippen molar-refractivity contribution in [3.8, 4) is 0 Å². The number of carbonyl (C=O) groups excluding carboxylic acids is 1. The van der Waals surface area contributed by atoms with Crippen LogP contribution in [-0.4, -0.2) is 20.4 Å². The average molecular weight is 253 g/mol. The molecule has 1 atom stereocenters. The Hall–Kier alpha value is -0.413. The lowest BCUT2D eigenvalue weighted by atomic mass is 9.72. The molecule has 1 radical (unpaired) electrons. The fraction of sp³-hybridized carbons (Fsp3) is 0.786. The van der Waals surface area contributed by atoms with E-state index in [1.54, 1.807) is 0 Å². The lowest BCUT2D eigenvalue weighted by molar-refractivity contribution is -0.119. The van der Waals surface area contributed by atoms with Gasteiger partial charge in [-0.3, -0.25) is 4.79 Å². The van der Waals surface area contributed by atoms with E-state index >= 15 is 0 Å². The van der Waals surface area contributed by atoms with Gasteiger partial charge in [-0.2, -0.15) is 0 Å². The van der Waals surface area contributed by atoms with Crippen molar-refractivity contribution in [1.82, 2.24) is 0 Å². The summed E-state index contributed by atoms with van der Waals surface area (Å²) in [6.45, 7) is 14.9. The summed E-state index contributed by atoms with van der Waals surface area (Å²) in [5, 5.41) is 0. The third-order valence-corrected chi connectivity index (χ3v) is 4.50. The first-order valence-corrected chi connectivity index (χ1v) is 8.79. The van der Waals surface area contributed by atoms with Crippen molar-refractivity contribution in [3.63, 3.8) is 0 Å². The summed E-state index contributed by atoms with van der Waals surface area (Å²) in [5.41, 5.74) is 1.76. The second-order valence-corrected chi connectivity index (χ2v) is 8.17. The zero-order valence-electron chi connectivity index (χ0n) is 12.2.